The number of amides is 2. The highest BCUT2D eigenvalue weighted by atomic mass is 16.8. The van der Waals surface area contributed by atoms with Gasteiger partial charge in [-0.25, -0.2) is 4.79 Å². The fraction of sp³-hybridized carbons (Fsp3) is 0.960. The number of aliphatic carboxylic acids is 1. The number of unbranched alkanes of at least 4 members (excludes halogenated alkanes) is 42. The van der Waals surface area contributed by atoms with Gasteiger partial charge >= 0.3 is 5.97 Å². The Hall–Kier alpha value is -2.27. The van der Waals surface area contributed by atoms with Crippen molar-refractivity contribution in [1.82, 2.24) is 10.6 Å². The summed E-state index contributed by atoms with van der Waals surface area (Å²) in [4.78, 5) is 38.6. The fourth-order valence-electron chi connectivity index (χ4n) is 14.1. The van der Waals surface area contributed by atoms with Gasteiger partial charge in [0.2, 0.25) is 11.8 Å². The number of carbonyl (C=O) groups is 3. The Morgan fingerprint density at radius 1 is 0.490 bits per heavy atom. The summed E-state index contributed by atoms with van der Waals surface area (Å²) >= 11 is 0. The second-order valence-corrected chi connectivity index (χ2v) is 28.9. The van der Waals surface area contributed by atoms with Gasteiger partial charge in [0, 0.05) is 19.8 Å². The summed E-state index contributed by atoms with van der Waals surface area (Å²) in [5.41, 5.74) is 0. The van der Waals surface area contributed by atoms with Crippen molar-refractivity contribution in [2.75, 3.05) is 26.4 Å². The molecule has 578 valence electrons. The van der Waals surface area contributed by atoms with Crippen LogP contribution in [0.3, 0.4) is 0 Å². The van der Waals surface area contributed by atoms with Crippen molar-refractivity contribution in [2.24, 2.45) is 0 Å². The first-order chi connectivity index (χ1) is 47.4. The van der Waals surface area contributed by atoms with E-state index in [4.69, 9.17) is 28.4 Å². The van der Waals surface area contributed by atoms with Crippen LogP contribution in [0.1, 0.15) is 323 Å². The molecule has 3 heterocycles. The smallest absolute Gasteiger partial charge is 0.364 e. The first-order valence-electron chi connectivity index (χ1n) is 39.4. The molecule has 0 aromatic heterocycles. The van der Waals surface area contributed by atoms with Crippen LogP contribution in [0.4, 0.5) is 0 Å². The quantitative estimate of drug-likeness (QED) is 0.0252. The summed E-state index contributed by atoms with van der Waals surface area (Å²) in [6.45, 7) is 2.23. The predicted octanol–water partition coefficient (Wildman–Crippen LogP) is 9.63. The number of carboxylic acid groups (broad SMARTS) is 1. The molecule has 23 nitrogen and oxygen atoms in total. The van der Waals surface area contributed by atoms with Crippen molar-refractivity contribution < 1.29 is 104 Å². The number of rotatable bonds is 62. The van der Waals surface area contributed by atoms with Crippen LogP contribution in [0.15, 0.2) is 0 Å². The minimum absolute atomic E-state index is 0.229. The summed E-state index contributed by atoms with van der Waals surface area (Å²) in [5, 5.41) is 136. The van der Waals surface area contributed by atoms with Crippen LogP contribution in [0.5, 0.6) is 0 Å². The van der Waals surface area contributed by atoms with Crippen molar-refractivity contribution in [3.8, 4) is 0 Å². The van der Waals surface area contributed by atoms with Gasteiger partial charge in [0.25, 0.3) is 5.79 Å². The molecule has 0 bridgehead atoms. The first-order valence-corrected chi connectivity index (χ1v) is 39.4. The summed E-state index contributed by atoms with van der Waals surface area (Å²) in [5.74, 6) is -6.09. The van der Waals surface area contributed by atoms with Crippen LogP contribution in [0, 0.1) is 0 Å². The number of nitrogens with one attached hydrogen (secondary N) is 2. The fourth-order valence-corrected chi connectivity index (χ4v) is 14.1. The molecule has 2 amide bonds. The second-order valence-electron chi connectivity index (χ2n) is 28.9. The van der Waals surface area contributed by atoms with E-state index in [1.165, 1.54) is 225 Å². The molecule has 3 rings (SSSR count). The van der Waals surface area contributed by atoms with Gasteiger partial charge in [-0.05, 0) is 12.8 Å². The summed E-state index contributed by atoms with van der Waals surface area (Å²) in [6.07, 6.45) is 27.1. The number of hydrogen-bond donors (Lipinski definition) is 14. The molecule has 0 aromatic carbocycles. The van der Waals surface area contributed by atoms with E-state index in [1.54, 1.807) is 0 Å². The monoisotopic (exact) mass is 1410 g/mol. The number of aliphatic hydroxyl groups excluding tert-OH is 11. The van der Waals surface area contributed by atoms with Gasteiger partial charge in [-0.1, -0.05) is 290 Å². The Morgan fingerprint density at radius 3 is 1.28 bits per heavy atom. The molecule has 3 saturated heterocycles. The molecule has 98 heavy (non-hydrogen) atoms. The van der Waals surface area contributed by atoms with Crippen LogP contribution in [-0.4, -0.2) is 215 Å². The van der Waals surface area contributed by atoms with Crippen molar-refractivity contribution in [3.63, 3.8) is 0 Å². The predicted molar refractivity (Wildman–Crippen MR) is 375 cm³/mol. The molecule has 3 fully saturated rings. The molecular formula is C75H142N2O21. The maximum Gasteiger partial charge on any atom is 0.364 e. The van der Waals surface area contributed by atoms with Crippen molar-refractivity contribution >= 4 is 17.8 Å². The van der Waals surface area contributed by atoms with Gasteiger partial charge in [-0.15, -0.1) is 0 Å². The molecule has 0 saturated carbocycles. The molecule has 18 atom stereocenters. The number of aliphatic hydroxyl groups is 11. The first kappa shape index (κ1) is 89.9. The molecule has 3 aliphatic rings. The highest BCUT2D eigenvalue weighted by molar-refractivity contribution is 5.77. The van der Waals surface area contributed by atoms with Crippen molar-refractivity contribution in [2.45, 2.75) is 432 Å². The third-order valence-corrected chi connectivity index (χ3v) is 20.3. The summed E-state index contributed by atoms with van der Waals surface area (Å²) < 4.78 is 34.9. The van der Waals surface area contributed by atoms with Crippen LogP contribution in [-0.2, 0) is 42.8 Å². The lowest BCUT2D eigenvalue weighted by Gasteiger charge is -2.50. The molecule has 14 N–H and O–H groups in total. The Labute approximate surface area is 589 Å². The molecule has 23 heteroatoms. The van der Waals surface area contributed by atoms with Crippen molar-refractivity contribution in [1.29, 1.82) is 0 Å². The highest BCUT2D eigenvalue weighted by Crippen LogP contribution is 2.39. The second kappa shape index (κ2) is 55.3. The Kier molecular flexibility index (Phi) is 50.7. The van der Waals surface area contributed by atoms with E-state index in [-0.39, 0.29) is 18.9 Å². The zero-order valence-corrected chi connectivity index (χ0v) is 60.9. The molecule has 0 spiro atoms. The van der Waals surface area contributed by atoms with Gasteiger partial charge in [0.05, 0.1) is 50.7 Å². The van der Waals surface area contributed by atoms with E-state index in [9.17, 15) is 75.7 Å². The Bertz CT molecular complexity index is 1970. The van der Waals surface area contributed by atoms with Crippen LogP contribution < -0.4 is 10.6 Å². The Morgan fingerprint density at radius 2 is 0.888 bits per heavy atom. The third kappa shape index (κ3) is 36.0. The number of hydrogen-bond acceptors (Lipinski definition) is 20. The third-order valence-electron chi connectivity index (χ3n) is 20.3. The summed E-state index contributed by atoms with van der Waals surface area (Å²) in [7, 11) is 0. The molecule has 18 unspecified atom stereocenters. The lowest BCUT2D eigenvalue weighted by Crippen LogP contribution is -2.70. The molecule has 0 aliphatic carbocycles. The van der Waals surface area contributed by atoms with E-state index in [1.807, 2.05) is 0 Å². The number of ether oxygens (including phenoxy) is 6. The maximum absolute atomic E-state index is 13.5. The van der Waals surface area contributed by atoms with Crippen molar-refractivity contribution in [3.05, 3.63) is 0 Å². The minimum atomic E-state index is -3.08. The lowest BCUT2D eigenvalue weighted by molar-refractivity contribution is -0.386. The minimum Gasteiger partial charge on any atom is -0.477 e. The lowest BCUT2D eigenvalue weighted by atomic mass is 9.88. The SMILES string of the molecule is CCCCCCCCCCCCCCCCCCCCCCCCCCCCCCCCCCC(=O)NC(COC1OC(CO)C(OC2OC(CO)C(O)C(OC3(C(=O)O)CC(O)C(NC(C)=O)C(C(O)C(O)CO)O3)C2O)C(O)C1O)C(O)CCCCCCCCCCCCCC. The van der Waals surface area contributed by atoms with E-state index in [0.717, 1.165) is 51.9 Å². The van der Waals surface area contributed by atoms with Gasteiger partial charge < -0.3 is 100 Å². The molecular weight excluding hydrogens is 1260 g/mol. The van der Waals surface area contributed by atoms with E-state index >= 15 is 0 Å². The Balaban J connectivity index is 1.44. The average molecular weight is 1410 g/mol. The number of carbonyl (C=O) groups excluding carboxylic acids is 2. The standard InChI is InChI=1S/C75H142N2O21/c1-4-6-8-10-12-14-16-18-19-20-21-22-23-24-25-26-27-28-29-30-31-32-33-34-35-36-37-39-41-43-45-47-49-62(85)77-56(57(82)48-46-44-42-40-38-17-15-13-11-9-7-5-2)54-93-72-67(89)66(88)69(61(53-80)95-72)96-73-68(90)71(65(87)60(52-79)94-73)98-75(74(91)92)50-58(83)63(76-55(3)81)70(97-75)64(86)59(84)51-78/h56-61,63-73,78-80,82-84,86-90H,4-54H2,1-3H3,(H,76,81)(H,77,85)(H,91,92). The summed E-state index contributed by atoms with van der Waals surface area (Å²) in [6, 6.07) is -2.52. The van der Waals surface area contributed by atoms with Crippen LogP contribution in [0.25, 0.3) is 0 Å². The van der Waals surface area contributed by atoms with Gasteiger partial charge in [0.1, 0.15) is 67.1 Å². The van der Waals surface area contributed by atoms with Gasteiger partial charge in [0.15, 0.2) is 12.6 Å². The zero-order chi connectivity index (χ0) is 71.8. The van der Waals surface area contributed by atoms with Crippen LogP contribution >= 0.6 is 0 Å². The maximum atomic E-state index is 13.5. The molecule has 0 aromatic rings. The van der Waals surface area contributed by atoms with E-state index in [0.29, 0.717) is 19.3 Å². The van der Waals surface area contributed by atoms with E-state index < -0.39 is 148 Å². The number of carboxylic acids is 1. The average Bonchev–Trinajstić information content (AvgIpc) is 0.756. The highest BCUT2D eigenvalue weighted by Gasteiger charge is 2.60. The zero-order valence-electron chi connectivity index (χ0n) is 60.9. The topological polar surface area (TPSA) is 373 Å². The van der Waals surface area contributed by atoms with Gasteiger partial charge in [-0.3, -0.25) is 9.59 Å². The normalized spacial score (nSPS) is 27.2. The molecule has 0 radical (unpaired) electrons. The van der Waals surface area contributed by atoms with Crippen LogP contribution in [0.2, 0.25) is 0 Å². The van der Waals surface area contributed by atoms with E-state index in [2.05, 4.69) is 24.5 Å². The van der Waals surface area contributed by atoms with Gasteiger partial charge in [-0.2, -0.15) is 0 Å². The largest absolute Gasteiger partial charge is 0.477 e. The molecule has 3 aliphatic heterocycles.